The molecule has 0 heterocycles. The van der Waals surface area contributed by atoms with Crippen LogP contribution in [-0.2, 0) is 0 Å². The van der Waals surface area contributed by atoms with Crippen molar-refractivity contribution in [2.24, 2.45) is 5.92 Å². The van der Waals surface area contributed by atoms with Gasteiger partial charge in [0.25, 0.3) is 5.91 Å². The highest BCUT2D eigenvalue weighted by atomic mass is 16.1. The van der Waals surface area contributed by atoms with Gasteiger partial charge in [-0.2, -0.15) is 0 Å². The maximum Gasteiger partial charge on any atom is 0.253 e. The van der Waals surface area contributed by atoms with E-state index in [2.05, 4.69) is 17.5 Å². The van der Waals surface area contributed by atoms with Crippen LogP contribution in [-0.4, -0.2) is 12.5 Å². The molecule has 0 bridgehead atoms. The van der Waals surface area contributed by atoms with Crippen LogP contribution in [0, 0.1) is 12.8 Å². The van der Waals surface area contributed by atoms with Crippen molar-refractivity contribution in [3.05, 3.63) is 41.5 Å². The van der Waals surface area contributed by atoms with Gasteiger partial charge in [-0.25, -0.2) is 0 Å². The summed E-state index contributed by atoms with van der Waals surface area (Å²) in [7, 11) is 0. The number of nitrogens with one attached hydrogen (secondary N) is 1. The molecule has 3 N–H and O–H groups in total. The van der Waals surface area contributed by atoms with Crippen LogP contribution >= 0.6 is 0 Å². The molecule has 1 aromatic rings. The molecule has 0 saturated carbocycles. The van der Waals surface area contributed by atoms with E-state index in [1.54, 1.807) is 6.07 Å². The van der Waals surface area contributed by atoms with Gasteiger partial charge >= 0.3 is 0 Å². The number of anilines is 1. The zero-order valence-corrected chi connectivity index (χ0v) is 10.8. The summed E-state index contributed by atoms with van der Waals surface area (Å²) >= 11 is 0. The first kappa shape index (κ1) is 12.7. The molecule has 1 aromatic carbocycles. The summed E-state index contributed by atoms with van der Waals surface area (Å²) in [5.74, 6) is 0.496. The van der Waals surface area contributed by atoms with Gasteiger partial charge in [-0.3, -0.25) is 4.79 Å². The van der Waals surface area contributed by atoms with Gasteiger partial charge in [-0.15, -0.1) is 0 Å². The van der Waals surface area contributed by atoms with Crippen molar-refractivity contribution in [2.45, 2.75) is 26.2 Å². The first-order valence-electron chi connectivity index (χ1n) is 6.46. The molecule has 1 amide bonds. The van der Waals surface area contributed by atoms with Crippen molar-refractivity contribution in [3.8, 4) is 0 Å². The molecule has 3 heteroatoms. The van der Waals surface area contributed by atoms with E-state index in [4.69, 9.17) is 5.73 Å². The monoisotopic (exact) mass is 244 g/mol. The van der Waals surface area contributed by atoms with Gasteiger partial charge in [-0.05, 0) is 44.2 Å². The van der Waals surface area contributed by atoms with E-state index in [0.717, 1.165) is 31.4 Å². The van der Waals surface area contributed by atoms with Crippen LogP contribution < -0.4 is 11.1 Å². The lowest BCUT2D eigenvalue weighted by Gasteiger charge is -2.18. The Balaban J connectivity index is 1.95. The van der Waals surface area contributed by atoms with Gasteiger partial charge in [-0.1, -0.05) is 23.8 Å². The number of hydrogen-bond acceptors (Lipinski definition) is 2. The van der Waals surface area contributed by atoms with E-state index in [1.165, 1.54) is 0 Å². The van der Waals surface area contributed by atoms with E-state index in [9.17, 15) is 4.79 Å². The summed E-state index contributed by atoms with van der Waals surface area (Å²) in [5.41, 5.74) is 8.01. The molecule has 1 unspecified atom stereocenters. The molecular formula is C15H20N2O. The molecule has 0 fully saturated rings. The second kappa shape index (κ2) is 5.71. The first-order chi connectivity index (χ1) is 8.66. The number of hydrogen-bond donors (Lipinski definition) is 2. The second-order valence-corrected chi connectivity index (χ2v) is 4.95. The van der Waals surface area contributed by atoms with E-state index in [0.29, 0.717) is 17.2 Å². The van der Waals surface area contributed by atoms with Crippen LogP contribution in [0.5, 0.6) is 0 Å². The second-order valence-electron chi connectivity index (χ2n) is 4.95. The summed E-state index contributed by atoms with van der Waals surface area (Å²) in [6.45, 7) is 2.69. The number of carbonyl (C=O) groups excluding carboxylic acids is 1. The Morgan fingerprint density at radius 2 is 2.28 bits per heavy atom. The van der Waals surface area contributed by atoms with Crippen LogP contribution in [0.1, 0.15) is 35.2 Å². The van der Waals surface area contributed by atoms with Gasteiger partial charge in [0, 0.05) is 12.2 Å². The van der Waals surface area contributed by atoms with Gasteiger partial charge in [0.2, 0.25) is 0 Å². The van der Waals surface area contributed by atoms with Gasteiger partial charge in [0.05, 0.1) is 5.56 Å². The normalized spacial score (nSPS) is 18.6. The lowest BCUT2D eigenvalue weighted by molar-refractivity contribution is 0.0947. The standard InChI is InChI=1S/C15H20N2O/c1-11-7-8-14(16)13(9-11)15(18)17-10-12-5-3-2-4-6-12/h2-3,7-9,12H,4-6,10,16H2,1H3,(H,17,18). The number of nitrogens with two attached hydrogens (primary N) is 1. The average molecular weight is 244 g/mol. The molecule has 0 spiro atoms. The first-order valence-corrected chi connectivity index (χ1v) is 6.46. The predicted molar refractivity (Wildman–Crippen MR) is 74.4 cm³/mol. The molecule has 0 aromatic heterocycles. The largest absolute Gasteiger partial charge is 0.398 e. The van der Waals surface area contributed by atoms with Crippen molar-refractivity contribution in [1.82, 2.24) is 5.32 Å². The maximum absolute atomic E-state index is 12.1. The Labute approximate surface area is 108 Å². The Bertz CT molecular complexity index is 466. The fourth-order valence-corrected chi connectivity index (χ4v) is 2.24. The number of benzene rings is 1. The minimum absolute atomic E-state index is 0.0641. The third-order valence-electron chi connectivity index (χ3n) is 3.38. The molecular weight excluding hydrogens is 224 g/mol. The number of amides is 1. The van der Waals surface area contributed by atoms with E-state index >= 15 is 0 Å². The Kier molecular flexibility index (Phi) is 4.03. The summed E-state index contributed by atoms with van der Waals surface area (Å²) in [6.07, 6.45) is 7.73. The third-order valence-corrected chi connectivity index (χ3v) is 3.38. The van der Waals surface area contributed by atoms with Gasteiger partial charge in [0.1, 0.15) is 0 Å². The third kappa shape index (κ3) is 3.13. The summed E-state index contributed by atoms with van der Waals surface area (Å²) in [5, 5.41) is 2.98. The molecule has 1 aliphatic carbocycles. The minimum atomic E-state index is -0.0641. The SMILES string of the molecule is Cc1ccc(N)c(C(=O)NCC2CC=CCC2)c1. The molecule has 1 aliphatic rings. The van der Waals surface area contributed by atoms with Gasteiger partial charge in [0.15, 0.2) is 0 Å². The highest BCUT2D eigenvalue weighted by Crippen LogP contribution is 2.18. The molecule has 0 aliphatic heterocycles. The summed E-state index contributed by atoms with van der Waals surface area (Å²) in [6, 6.07) is 5.54. The Morgan fingerprint density at radius 1 is 1.44 bits per heavy atom. The zero-order chi connectivity index (χ0) is 13.0. The summed E-state index contributed by atoms with van der Waals surface area (Å²) < 4.78 is 0. The van der Waals surface area contributed by atoms with E-state index < -0.39 is 0 Å². The van der Waals surface area contributed by atoms with Crippen molar-refractivity contribution < 1.29 is 4.79 Å². The minimum Gasteiger partial charge on any atom is -0.398 e. The number of nitrogen functional groups attached to an aromatic ring is 1. The molecule has 3 nitrogen and oxygen atoms in total. The molecule has 18 heavy (non-hydrogen) atoms. The van der Waals surface area contributed by atoms with Gasteiger partial charge < -0.3 is 11.1 Å². The molecule has 0 radical (unpaired) electrons. The van der Waals surface area contributed by atoms with Crippen LogP contribution in [0.2, 0.25) is 0 Å². The van der Waals surface area contributed by atoms with Crippen molar-refractivity contribution in [3.63, 3.8) is 0 Å². The average Bonchev–Trinajstić information content (AvgIpc) is 2.40. The van der Waals surface area contributed by atoms with E-state index in [1.807, 2.05) is 19.1 Å². The quantitative estimate of drug-likeness (QED) is 0.634. The molecule has 96 valence electrons. The van der Waals surface area contributed by atoms with Crippen molar-refractivity contribution >= 4 is 11.6 Å². The maximum atomic E-state index is 12.1. The zero-order valence-electron chi connectivity index (χ0n) is 10.8. The van der Waals surface area contributed by atoms with Crippen LogP contribution in [0.3, 0.4) is 0 Å². The fourth-order valence-electron chi connectivity index (χ4n) is 2.24. The smallest absolute Gasteiger partial charge is 0.253 e. The number of aryl methyl sites for hydroxylation is 1. The lowest BCUT2D eigenvalue weighted by Crippen LogP contribution is -2.30. The highest BCUT2D eigenvalue weighted by molar-refractivity contribution is 5.99. The molecule has 2 rings (SSSR count). The predicted octanol–water partition coefficient (Wildman–Crippen LogP) is 2.66. The number of carbonyl (C=O) groups is 1. The Hall–Kier alpha value is -1.77. The lowest BCUT2D eigenvalue weighted by atomic mass is 9.94. The van der Waals surface area contributed by atoms with Crippen LogP contribution in [0.4, 0.5) is 5.69 Å². The topological polar surface area (TPSA) is 55.1 Å². The molecule has 1 atom stereocenters. The number of rotatable bonds is 3. The van der Waals surface area contributed by atoms with Crippen molar-refractivity contribution in [2.75, 3.05) is 12.3 Å². The Morgan fingerprint density at radius 3 is 3.00 bits per heavy atom. The highest BCUT2D eigenvalue weighted by Gasteiger charge is 2.13. The van der Waals surface area contributed by atoms with E-state index in [-0.39, 0.29) is 5.91 Å². The fraction of sp³-hybridized carbons (Fsp3) is 0.400. The summed E-state index contributed by atoms with van der Waals surface area (Å²) in [4.78, 5) is 12.1. The van der Waals surface area contributed by atoms with Crippen LogP contribution in [0.25, 0.3) is 0 Å². The van der Waals surface area contributed by atoms with Crippen LogP contribution in [0.15, 0.2) is 30.4 Å². The molecule has 0 saturated heterocycles. The van der Waals surface area contributed by atoms with Crippen molar-refractivity contribution in [1.29, 1.82) is 0 Å². The number of allylic oxidation sites excluding steroid dienone is 2.